The summed E-state index contributed by atoms with van der Waals surface area (Å²) in [6.45, 7) is 3.97. The van der Waals surface area contributed by atoms with E-state index in [0.717, 1.165) is 40.1 Å². The number of aryl methyl sites for hydroxylation is 2. The van der Waals surface area contributed by atoms with E-state index in [2.05, 4.69) is 30.1 Å². The van der Waals surface area contributed by atoms with Gasteiger partial charge in [-0.1, -0.05) is 71.8 Å². The van der Waals surface area contributed by atoms with Gasteiger partial charge in [-0.2, -0.15) is 5.10 Å². The lowest BCUT2D eigenvalue weighted by atomic mass is 9.86. The van der Waals surface area contributed by atoms with Crippen molar-refractivity contribution in [1.29, 1.82) is 0 Å². The number of hydrogen-bond donors (Lipinski definition) is 4. The predicted molar refractivity (Wildman–Crippen MR) is 249 cm³/mol. The Hall–Kier alpha value is -6.63. The van der Waals surface area contributed by atoms with E-state index in [0.29, 0.717) is 42.6 Å². The summed E-state index contributed by atoms with van der Waals surface area (Å²) < 4.78 is 78.0. The van der Waals surface area contributed by atoms with E-state index in [4.69, 9.17) is 31.9 Å². The highest BCUT2D eigenvalue weighted by molar-refractivity contribution is 7.89. The Morgan fingerprint density at radius 1 is 0.612 bits per heavy atom. The summed E-state index contributed by atoms with van der Waals surface area (Å²) in [6.07, 6.45) is 4.42. The van der Waals surface area contributed by atoms with Crippen LogP contribution in [-0.4, -0.2) is 73.5 Å². The molecule has 0 bridgehead atoms. The normalized spacial score (nSPS) is 11.1. The second-order valence-electron chi connectivity index (χ2n) is 14.6. The third kappa shape index (κ3) is 14.2. The SMILES string of the molecule is Cc1cccc(Cc2nc(CCl)nn2-c2ccc(S(N)(=O)=O)cc2F)c1.Cc1cccc(Cc2nc(Cc3ccccn3)nn2-c2ccc(S(N)(=O)=O)cc2F)c1.OB(O)c1ccccn1.[NH2-]. The topological polar surface area (TPSA) is 281 Å². The molecule has 0 aliphatic rings. The summed E-state index contributed by atoms with van der Waals surface area (Å²) in [5.41, 5.74) is 5.40. The first-order valence-electron chi connectivity index (χ1n) is 19.8. The molecular weight excluding hydrogens is 927 g/mol. The van der Waals surface area contributed by atoms with Crippen LogP contribution >= 0.6 is 11.6 Å². The molecular formula is C44H44BClF2N11O6S2-. The minimum Gasteiger partial charge on any atom is -0.693 e. The van der Waals surface area contributed by atoms with Crippen LogP contribution in [0.1, 0.15) is 51.2 Å². The fourth-order valence-corrected chi connectivity index (χ4v) is 7.57. The Kier molecular flexibility index (Phi) is 17.4. The van der Waals surface area contributed by atoms with Crippen molar-refractivity contribution in [2.75, 3.05) is 0 Å². The molecule has 4 aromatic carbocycles. The molecule has 0 radical (unpaired) electrons. The first-order chi connectivity index (χ1) is 31.4. The standard InChI is InChI=1S/C22H20FN5O2S.C17H16ClFN4O2S.C5H6BNO2.H2N/c1-15-5-4-6-16(11-15)12-22-26-21(13-17-7-2-3-10-25-17)27-28(22)20-9-8-18(14-19(20)23)31(24,29)30;1-11-3-2-4-12(7-11)8-17-21-16(10-18)22-23(17)15-6-5-13(9-14(15)19)26(20,24)25;8-6(9)5-3-1-2-4-7-5;/h2-11,14H,12-13H2,1H3,(H2,24,29,30);2-7,9H,8,10H2,1H3,(H2,20,24,25);1-4,8-9H;1H2/q;;;-1. The molecule has 0 saturated carbocycles. The molecule has 8 N–H and O–H groups in total. The number of halogens is 3. The number of alkyl halides is 1. The lowest BCUT2D eigenvalue weighted by Gasteiger charge is -2.09. The van der Waals surface area contributed by atoms with Crippen LogP contribution in [0.2, 0.25) is 0 Å². The quantitative estimate of drug-likeness (QED) is 0.0918. The highest BCUT2D eigenvalue weighted by atomic mass is 35.5. The van der Waals surface area contributed by atoms with Gasteiger partial charge in [-0.05, 0) is 85.6 Å². The number of benzene rings is 4. The second-order valence-corrected chi connectivity index (χ2v) is 18.0. The van der Waals surface area contributed by atoms with Crippen molar-refractivity contribution in [3.8, 4) is 11.4 Å². The van der Waals surface area contributed by atoms with Gasteiger partial charge in [0.1, 0.15) is 34.7 Å². The van der Waals surface area contributed by atoms with Crippen LogP contribution in [0.3, 0.4) is 0 Å². The zero-order chi connectivity index (χ0) is 47.6. The average Bonchev–Trinajstić information content (AvgIpc) is 3.86. The summed E-state index contributed by atoms with van der Waals surface area (Å²) in [4.78, 5) is 16.3. The molecule has 0 atom stereocenters. The molecule has 8 aromatic rings. The van der Waals surface area contributed by atoms with Crippen LogP contribution < -0.4 is 15.9 Å². The van der Waals surface area contributed by atoms with Crippen LogP contribution in [0.15, 0.2) is 144 Å². The molecule has 0 aliphatic heterocycles. The highest BCUT2D eigenvalue weighted by Crippen LogP contribution is 2.23. The Morgan fingerprint density at radius 3 is 1.48 bits per heavy atom. The summed E-state index contributed by atoms with van der Waals surface area (Å²) in [7, 11) is -9.46. The number of pyridine rings is 2. The average molecular weight is 971 g/mol. The van der Waals surface area contributed by atoms with Crippen molar-refractivity contribution in [2.45, 2.75) is 48.8 Å². The van der Waals surface area contributed by atoms with Gasteiger partial charge in [-0.25, -0.2) is 55.2 Å². The Labute approximate surface area is 391 Å². The van der Waals surface area contributed by atoms with Crippen molar-refractivity contribution in [3.63, 3.8) is 0 Å². The Morgan fingerprint density at radius 2 is 1.09 bits per heavy atom. The first kappa shape index (κ1) is 51.4. The molecule has 0 spiro atoms. The lowest BCUT2D eigenvalue weighted by Crippen LogP contribution is -2.31. The molecule has 0 unspecified atom stereocenters. The molecule has 348 valence electrons. The molecule has 4 aromatic heterocycles. The maximum atomic E-state index is 14.9. The number of primary sulfonamides is 2. The van der Waals surface area contributed by atoms with Crippen molar-refractivity contribution in [3.05, 3.63) is 203 Å². The number of sulfonamides is 2. The summed E-state index contributed by atoms with van der Waals surface area (Å²) >= 11 is 5.82. The van der Waals surface area contributed by atoms with E-state index in [9.17, 15) is 25.6 Å². The minimum absolute atomic E-state index is 0. The van der Waals surface area contributed by atoms with Gasteiger partial charge in [0.2, 0.25) is 20.0 Å². The summed E-state index contributed by atoms with van der Waals surface area (Å²) in [6, 6.07) is 33.2. The number of nitrogens with two attached hydrogens (primary N) is 3. The van der Waals surface area contributed by atoms with Gasteiger partial charge in [0.05, 0.1) is 27.7 Å². The number of hydrogen-bond acceptors (Lipinski definition) is 12. The van der Waals surface area contributed by atoms with Crippen LogP contribution in [0.25, 0.3) is 17.5 Å². The molecule has 0 aliphatic carbocycles. The second kappa shape index (κ2) is 22.7. The zero-order valence-electron chi connectivity index (χ0n) is 35.9. The van der Waals surface area contributed by atoms with E-state index in [1.165, 1.54) is 39.8 Å². The fraction of sp³-hybridized carbons (Fsp3) is 0.136. The smallest absolute Gasteiger partial charge is 0.508 e. The molecule has 23 heteroatoms. The maximum absolute atomic E-state index is 14.9. The van der Waals surface area contributed by atoms with E-state index in [1.807, 2.05) is 80.6 Å². The molecule has 17 nitrogen and oxygen atoms in total. The predicted octanol–water partition coefficient (Wildman–Crippen LogP) is 5.11. The maximum Gasteiger partial charge on any atom is 0.508 e. The lowest BCUT2D eigenvalue weighted by molar-refractivity contribution is 0.424. The number of rotatable bonds is 12. The third-order valence-electron chi connectivity index (χ3n) is 9.41. The molecule has 8 rings (SSSR count). The first-order valence-corrected chi connectivity index (χ1v) is 23.4. The Bertz CT molecular complexity index is 3170. The van der Waals surface area contributed by atoms with Crippen LogP contribution in [0.5, 0.6) is 0 Å². The van der Waals surface area contributed by atoms with Crippen molar-refractivity contribution >= 4 is 44.4 Å². The monoisotopic (exact) mass is 970 g/mol. The highest BCUT2D eigenvalue weighted by Gasteiger charge is 2.20. The van der Waals surface area contributed by atoms with Crippen molar-refractivity contribution in [2.24, 2.45) is 10.3 Å². The van der Waals surface area contributed by atoms with Gasteiger partial charge in [-0.15, -0.1) is 16.7 Å². The van der Waals surface area contributed by atoms with Gasteiger partial charge in [0.15, 0.2) is 11.6 Å². The zero-order valence-corrected chi connectivity index (χ0v) is 38.3. The van der Waals surface area contributed by atoms with Crippen LogP contribution in [0.4, 0.5) is 8.78 Å². The molecule has 0 saturated heterocycles. The Balaban J connectivity index is 0.000000211. The van der Waals surface area contributed by atoms with Gasteiger partial charge in [-0.3, -0.25) is 9.97 Å². The van der Waals surface area contributed by atoms with E-state index < -0.39 is 38.8 Å². The van der Waals surface area contributed by atoms with Crippen molar-refractivity contribution < 1.29 is 35.7 Å². The third-order valence-corrected chi connectivity index (χ3v) is 11.5. The summed E-state index contributed by atoms with van der Waals surface area (Å²) in [5.74, 6) is 0.400. The van der Waals surface area contributed by atoms with E-state index in [-0.39, 0.29) is 38.8 Å². The fourth-order valence-electron chi connectivity index (χ4n) is 6.41. The van der Waals surface area contributed by atoms with E-state index >= 15 is 0 Å². The number of aromatic nitrogens is 8. The molecule has 4 heterocycles. The van der Waals surface area contributed by atoms with Gasteiger partial charge in [0, 0.05) is 30.9 Å². The molecule has 0 amide bonds. The van der Waals surface area contributed by atoms with Gasteiger partial charge < -0.3 is 16.2 Å². The number of nitrogens with zero attached hydrogens (tertiary/aromatic N) is 8. The minimum atomic E-state index is -4.02. The molecule has 0 fully saturated rings. The summed E-state index contributed by atoms with van der Waals surface area (Å²) in [5, 5.41) is 35.9. The van der Waals surface area contributed by atoms with Crippen LogP contribution in [0, 0.1) is 25.5 Å². The van der Waals surface area contributed by atoms with Crippen molar-refractivity contribution in [1.82, 2.24) is 39.5 Å². The largest absolute Gasteiger partial charge is 0.693 e. The van der Waals surface area contributed by atoms with Gasteiger partial charge >= 0.3 is 7.12 Å². The van der Waals surface area contributed by atoms with Crippen LogP contribution in [-0.2, 0) is 45.2 Å². The van der Waals surface area contributed by atoms with Gasteiger partial charge in [0.25, 0.3) is 0 Å². The molecule has 67 heavy (non-hydrogen) atoms. The van der Waals surface area contributed by atoms with E-state index in [1.54, 1.807) is 24.4 Å².